The number of aromatic nitrogens is 2. The maximum atomic E-state index is 13.6. The second-order valence-corrected chi connectivity index (χ2v) is 10.8. The van der Waals surface area contributed by atoms with Gasteiger partial charge in [-0.05, 0) is 31.7 Å². The molecule has 0 radical (unpaired) electrons. The summed E-state index contributed by atoms with van der Waals surface area (Å²) in [5.74, 6) is 0.778. The summed E-state index contributed by atoms with van der Waals surface area (Å²) in [7, 11) is 3.07. The van der Waals surface area contributed by atoms with Crippen molar-refractivity contribution < 1.29 is 19.1 Å². The second-order valence-electron chi connectivity index (χ2n) is 9.66. The highest BCUT2D eigenvalue weighted by Gasteiger charge is 2.42. The number of allylic oxidation sites excluding steroid dienone is 1. The summed E-state index contributed by atoms with van der Waals surface area (Å²) >= 11 is 1.38. The summed E-state index contributed by atoms with van der Waals surface area (Å²) in [6.07, 6.45) is 6.75. The number of carbonyl (C=O) groups is 2. The van der Waals surface area contributed by atoms with Gasteiger partial charge in [-0.3, -0.25) is 9.59 Å². The van der Waals surface area contributed by atoms with Gasteiger partial charge < -0.3 is 30.7 Å². The first-order valence-electron chi connectivity index (χ1n) is 12.7. The molecule has 1 atom stereocenters. The number of nitrogens with zero attached hydrogens (tertiary/aromatic N) is 5. The molecular formula is C27H33N7O4S. The van der Waals surface area contributed by atoms with Crippen molar-refractivity contribution in [1.29, 1.82) is 5.26 Å². The van der Waals surface area contributed by atoms with Gasteiger partial charge in [0.15, 0.2) is 11.6 Å². The van der Waals surface area contributed by atoms with Crippen molar-refractivity contribution >= 4 is 39.5 Å². The van der Waals surface area contributed by atoms with Crippen LogP contribution in [0.4, 0.5) is 10.8 Å². The SMILES string of the molecule is COC/C=C/C(=O)N1CCN(c2cc(OC)nc(/C(N)=C/C(=O)C3(C)CCCc4sc(N)c(C#N)c43)n2)CC1. The lowest BCUT2D eigenvalue weighted by Gasteiger charge is -2.35. The average Bonchev–Trinajstić information content (AvgIpc) is 3.29. The van der Waals surface area contributed by atoms with Crippen molar-refractivity contribution in [2.24, 2.45) is 5.73 Å². The maximum absolute atomic E-state index is 13.6. The Labute approximate surface area is 231 Å². The molecule has 0 bridgehead atoms. The van der Waals surface area contributed by atoms with E-state index in [-0.39, 0.29) is 23.2 Å². The Morgan fingerprint density at radius 1 is 1.26 bits per heavy atom. The molecule has 39 heavy (non-hydrogen) atoms. The molecule has 1 aliphatic carbocycles. The third-order valence-electron chi connectivity index (χ3n) is 7.18. The zero-order valence-electron chi connectivity index (χ0n) is 22.4. The van der Waals surface area contributed by atoms with Crippen molar-refractivity contribution in [3.63, 3.8) is 0 Å². The predicted molar refractivity (Wildman–Crippen MR) is 149 cm³/mol. The van der Waals surface area contributed by atoms with Crippen LogP contribution >= 0.6 is 11.3 Å². The number of fused-ring (bicyclic) bond motifs is 1. The van der Waals surface area contributed by atoms with E-state index in [0.29, 0.717) is 67.0 Å². The Bertz CT molecular complexity index is 1350. The first-order chi connectivity index (χ1) is 18.7. The third kappa shape index (κ3) is 5.74. The van der Waals surface area contributed by atoms with Crippen LogP contribution in [0, 0.1) is 11.3 Å². The number of methoxy groups -OCH3 is 2. The number of nitrogens with two attached hydrogens (primary N) is 2. The minimum atomic E-state index is -0.917. The molecular weight excluding hydrogens is 518 g/mol. The molecule has 11 nitrogen and oxygen atoms in total. The second kappa shape index (κ2) is 11.8. The molecule has 0 aromatic carbocycles. The summed E-state index contributed by atoms with van der Waals surface area (Å²) in [6.45, 7) is 4.38. The smallest absolute Gasteiger partial charge is 0.246 e. The molecule has 2 aromatic heterocycles. The van der Waals surface area contributed by atoms with E-state index >= 15 is 0 Å². The van der Waals surface area contributed by atoms with Gasteiger partial charge in [-0.2, -0.15) is 10.2 Å². The fourth-order valence-electron chi connectivity index (χ4n) is 5.02. The van der Waals surface area contributed by atoms with Crippen molar-refractivity contribution in [2.75, 3.05) is 57.6 Å². The van der Waals surface area contributed by atoms with E-state index in [9.17, 15) is 14.9 Å². The largest absolute Gasteiger partial charge is 0.481 e. The van der Waals surface area contributed by atoms with Crippen LogP contribution in [0.15, 0.2) is 24.3 Å². The molecule has 1 fully saturated rings. The number of piperazine rings is 1. The molecule has 1 unspecified atom stereocenters. The first kappa shape index (κ1) is 28.1. The minimum Gasteiger partial charge on any atom is -0.481 e. The number of aryl methyl sites for hydroxylation is 1. The Morgan fingerprint density at radius 2 is 2.00 bits per heavy atom. The summed E-state index contributed by atoms with van der Waals surface area (Å²) < 4.78 is 10.3. The number of nitrogen functional groups attached to an aromatic ring is 1. The molecule has 1 amide bonds. The monoisotopic (exact) mass is 551 g/mol. The molecule has 3 heterocycles. The van der Waals surface area contributed by atoms with Gasteiger partial charge in [-0.25, -0.2) is 4.98 Å². The highest BCUT2D eigenvalue weighted by Crippen LogP contribution is 2.46. The zero-order valence-corrected chi connectivity index (χ0v) is 23.2. The van der Waals surface area contributed by atoms with Gasteiger partial charge in [0.05, 0.1) is 30.4 Å². The highest BCUT2D eigenvalue weighted by molar-refractivity contribution is 7.16. The lowest BCUT2D eigenvalue weighted by Crippen LogP contribution is -2.48. The highest BCUT2D eigenvalue weighted by atomic mass is 32.1. The van der Waals surface area contributed by atoms with Gasteiger partial charge in [-0.1, -0.05) is 6.08 Å². The molecule has 1 aliphatic heterocycles. The average molecular weight is 552 g/mol. The van der Waals surface area contributed by atoms with Crippen LogP contribution in [-0.2, 0) is 26.2 Å². The van der Waals surface area contributed by atoms with Gasteiger partial charge in [0.1, 0.15) is 16.9 Å². The number of anilines is 2. The fraction of sp³-hybridized carbons (Fsp3) is 0.444. The number of thiophene rings is 1. The molecule has 4 N–H and O–H groups in total. The van der Waals surface area contributed by atoms with E-state index in [4.69, 9.17) is 20.9 Å². The molecule has 4 rings (SSSR count). The van der Waals surface area contributed by atoms with Crippen molar-refractivity contribution in [1.82, 2.24) is 14.9 Å². The van der Waals surface area contributed by atoms with E-state index in [1.54, 1.807) is 24.2 Å². The lowest BCUT2D eigenvalue weighted by molar-refractivity contribution is -0.126. The van der Waals surface area contributed by atoms with Gasteiger partial charge in [-0.15, -0.1) is 11.3 Å². The van der Waals surface area contributed by atoms with Crippen LogP contribution in [-0.4, -0.2) is 73.6 Å². The maximum Gasteiger partial charge on any atom is 0.246 e. The number of rotatable bonds is 8. The van der Waals surface area contributed by atoms with Gasteiger partial charge >= 0.3 is 0 Å². The molecule has 2 aliphatic rings. The Hall–Kier alpha value is -3.95. The Kier molecular flexibility index (Phi) is 8.52. The fourth-order valence-corrected chi connectivity index (χ4v) is 6.21. The summed E-state index contributed by atoms with van der Waals surface area (Å²) in [5.41, 5.74) is 12.8. The van der Waals surface area contributed by atoms with Crippen molar-refractivity contribution in [3.8, 4) is 11.9 Å². The first-order valence-corrected chi connectivity index (χ1v) is 13.5. The number of carbonyl (C=O) groups excluding carboxylic acids is 2. The van der Waals surface area contributed by atoms with Crippen molar-refractivity contribution in [2.45, 2.75) is 31.6 Å². The van der Waals surface area contributed by atoms with E-state index in [1.807, 2.05) is 11.8 Å². The quantitative estimate of drug-likeness (QED) is 0.464. The van der Waals surface area contributed by atoms with Gasteiger partial charge in [0, 0.05) is 56.4 Å². The minimum absolute atomic E-state index is 0.0651. The van der Waals surface area contributed by atoms with Crippen LogP contribution in [0.5, 0.6) is 5.88 Å². The van der Waals surface area contributed by atoms with Gasteiger partial charge in [0.25, 0.3) is 0 Å². The lowest BCUT2D eigenvalue weighted by atomic mass is 9.69. The number of ketones is 1. The molecule has 206 valence electrons. The number of ether oxygens (including phenoxy) is 2. The van der Waals surface area contributed by atoms with Crippen LogP contribution < -0.4 is 21.1 Å². The van der Waals surface area contributed by atoms with Crippen LogP contribution in [0.1, 0.15) is 41.6 Å². The van der Waals surface area contributed by atoms with E-state index in [1.165, 1.54) is 30.6 Å². The number of nitriles is 1. The Balaban J connectivity index is 1.56. The third-order valence-corrected chi connectivity index (χ3v) is 8.26. The van der Waals surface area contributed by atoms with Crippen LogP contribution in [0.2, 0.25) is 0 Å². The van der Waals surface area contributed by atoms with Crippen molar-refractivity contribution in [3.05, 3.63) is 46.1 Å². The van der Waals surface area contributed by atoms with E-state index < -0.39 is 5.41 Å². The standard InChI is InChI=1S/C27H33N7O4S/c1-27(8-4-6-19-24(27)17(16-28)25(30)39-19)20(35)14-18(29)26-31-21(15-22(32-26)38-3)33-9-11-34(12-10-33)23(36)7-5-13-37-2/h5,7,14-15H,4,6,8-13,29-30H2,1-3H3/b7-5+,18-14-. The summed E-state index contributed by atoms with van der Waals surface area (Å²) in [4.78, 5) is 39.8. The number of amides is 1. The van der Waals surface area contributed by atoms with Gasteiger partial charge in [0.2, 0.25) is 11.8 Å². The molecule has 0 saturated carbocycles. The summed E-state index contributed by atoms with van der Waals surface area (Å²) in [5, 5.41) is 10.1. The van der Waals surface area contributed by atoms with Crippen LogP contribution in [0.3, 0.4) is 0 Å². The zero-order chi connectivity index (χ0) is 28.2. The predicted octanol–water partition coefficient (Wildman–Crippen LogP) is 2.01. The number of hydrogen-bond donors (Lipinski definition) is 2. The van der Waals surface area contributed by atoms with E-state index in [0.717, 1.165) is 17.7 Å². The molecule has 0 spiro atoms. The Morgan fingerprint density at radius 3 is 2.67 bits per heavy atom. The van der Waals surface area contributed by atoms with Crippen LogP contribution in [0.25, 0.3) is 5.70 Å². The number of hydrogen-bond acceptors (Lipinski definition) is 11. The van der Waals surface area contributed by atoms with E-state index in [2.05, 4.69) is 16.0 Å². The normalized spacial score (nSPS) is 19.6. The molecule has 2 aromatic rings. The summed E-state index contributed by atoms with van der Waals surface area (Å²) in [6, 6.07) is 3.89. The topological polar surface area (TPSA) is 161 Å². The molecule has 1 saturated heterocycles. The molecule has 12 heteroatoms.